The summed E-state index contributed by atoms with van der Waals surface area (Å²) < 4.78 is 0. The number of aromatic nitrogens is 2. The van der Waals surface area contributed by atoms with Crippen molar-refractivity contribution in [1.29, 1.82) is 0 Å². The van der Waals surface area contributed by atoms with Gasteiger partial charge in [0.25, 0.3) is 0 Å². The van der Waals surface area contributed by atoms with Crippen molar-refractivity contribution < 1.29 is 0 Å². The Hall–Kier alpha value is -1.32. The van der Waals surface area contributed by atoms with Gasteiger partial charge in [-0.2, -0.15) is 0 Å². The summed E-state index contributed by atoms with van der Waals surface area (Å²) in [7, 11) is 0. The minimum absolute atomic E-state index is 0.581. The lowest BCUT2D eigenvalue weighted by Gasteiger charge is -2.20. The van der Waals surface area contributed by atoms with Gasteiger partial charge in [0.05, 0.1) is 0 Å². The van der Waals surface area contributed by atoms with Gasteiger partial charge < -0.3 is 10.6 Å². The monoisotopic (exact) mass is 290 g/mol. The van der Waals surface area contributed by atoms with Crippen molar-refractivity contribution in [3.8, 4) is 0 Å². The molecule has 1 heterocycles. The van der Waals surface area contributed by atoms with Gasteiger partial charge in [0.15, 0.2) is 0 Å². The van der Waals surface area contributed by atoms with E-state index in [2.05, 4.69) is 34.4 Å². The fraction of sp³-hybridized carbons (Fsp3) is 0.765. The molecule has 1 aliphatic carbocycles. The quantitative estimate of drug-likeness (QED) is 0.731. The van der Waals surface area contributed by atoms with Crippen LogP contribution in [-0.4, -0.2) is 22.6 Å². The highest BCUT2D eigenvalue weighted by Gasteiger charge is 2.16. The molecular formula is C17H30N4. The van der Waals surface area contributed by atoms with E-state index in [1.165, 1.54) is 44.1 Å². The standard InChI is InChI=1S/C17H30N4/c1-3-9-15-16(18-12-4-2)19-13-20-17(15)21-14-10-7-5-6-8-11-14/h13-14H,3-12H2,1-2H3,(H2,18,19,20,21). The smallest absolute Gasteiger partial charge is 0.134 e. The van der Waals surface area contributed by atoms with E-state index in [0.717, 1.165) is 37.4 Å². The normalized spacial score (nSPS) is 16.5. The molecule has 1 aromatic heterocycles. The average Bonchev–Trinajstić information content (AvgIpc) is 2.76. The van der Waals surface area contributed by atoms with Crippen LogP contribution in [0.2, 0.25) is 0 Å². The minimum atomic E-state index is 0.581. The van der Waals surface area contributed by atoms with E-state index >= 15 is 0 Å². The van der Waals surface area contributed by atoms with Crippen molar-refractivity contribution in [2.45, 2.75) is 77.7 Å². The topological polar surface area (TPSA) is 49.8 Å². The molecule has 21 heavy (non-hydrogen) atoms. The van der Waals surface area contributed by atoms with Crippen LogP contribution in [0, 0.1) is 0 Å². The van der Waals surface area contributed by atoms with Crippen molar-refractivity contribution >= 4 is 11.6 Å². The van der Waals surface area contributed by atoms with Gasteiger partial charge in [0, 0.05) is 18.2 Å². The maximum atomic E-state index is 4.53. The zero-order chi connectivity index (χ0) is 14.9. The summed E-state index contributed by atoms with van der Waals surface area (Å²) in [6.07, 6.45) is 12.9. The Morgan fingerprint density at radius 1 is 1.00 bits per heavy atom. The molecule has 2 N–H and O–H groups in total. The Labute approximate surface area is 129 Å². The average molecular weight is 290 g/mol. The van der Waals surface area contributed by atoms with E-state index in [-0.39, 0.29) is 0 Å². The Balaban J connectivity index is 2.12. The molecule has 0 amide bonds. The molecule has 0 atom stereocenters. The molecule has 2 rings (SSSR count). The van der Waals surface area contributed by atoms with Crippen LogP contribution in [0.3, 0.4) is 0 Å². The van der Waals surface area contributed by atoms with Gasteiger partial charge in [0.2, 0.25) is 0 Å². The van der Waals surface area contributed by atoms with Crippen LogP contribution in [-0.2, 0) is 6.42 Å². The summed E-state index contributed by atoms with van der Waals surface area (Å²) in [5.74, 6) is 2.07. The molecule has 0 aromatic carbocycles. The lowest BCUT2D eigenvalue weighted by Crippen LogP contribution is -2.21. The molecule has 118 valence electrons. The van der Waals surface area contributed by atoms with Crippen molar-refractivity contribution in [2.24, 2.45) is 0 Å². The van der Waals surface area contributed by atoms with Gasteiger partial charge in [-0.25, -0.2) is 9.97 Å². The van der Waals surface area contributed by atoms with Crippen LogP contribution < -0.4 is 10.6 Å². The molecule has 0 aliphatic heterocycles. The predicted octanol–water partition coefficient (Wildman–Crippen LogP) is 4.39. The minimum Gasteiger partial charge on any atom is -0.370 e. The number of hydrogen-bond donors (Lipinski definition) is 2. The van der Waals surface area contributed by atoms with E-state index in [9.17, 15) is 0 Å². The van der Waals surface area contributed by atoms with Crippen LogP contribution in [0.4, 0.5) is 11.6 Å². The Morgan fingerprint density at radius 2 is 1.71 bits per heavy atom. The van der Waals surface area contributed by atoms with E-state index < -0.39 is 0 Å². The van der Waals surface area contributed by atoms with E-state index in [0.29, 0.717) is 6.04 Å². The first-order valence-corrected chi connectivity index (χ1v) is 8.69. The maximum absolute atomic E-state index is 4.53. The first-order chi connectivity index (χ1) is 10.3. The maximum Gasteiger partial charge on any atom is 0.134 e. The molecule has 0 radical (unpaired) electrons. The summed E-state index contributed by atoms with van der Waals surface area (Å²) >= 11 is 0. The number of nitrogens with zero attached hydrogens (tertiary/aromatic N) is 2. The number of anilines is 2. The largest absolute Gasteiger partial charge is 0.370 e. The summed E-state index contributed by atoms with van der Waals surface area (Å²) in [6.45, 7) is 5.36. The highest BCUT2D eigenvalue weighted by molar-refractivity contribution is 5.57. The fourth-order valence-electron chi connectivity index (χ4n) is 3.04. The first-order valence-electron chi connectivity index (χ1n) is 8.69. The van der Waals surface area contributed by atoms with E-state index in [1.54, 1.807) is 6.33 Å². The van der Waals surface area contributed by atoms with Crippen LogP contribution in [0.5, 0.6) is 0 Å². The van der Waals surface area contributed by atoms with Gasteiger partial charge in [-0.15, -0.1) is 0 Å². The molecule has 1 aliphatic rings. The van der Waals surface area contributed by atoms with Crippen molar-refractivity contribution in [1.82, 2.24) is 9.97 Å². The lowest BCUT2D eigenvalue weighted by atomic mass is 10.1. The van der Waals surface area contributed by atoms with Crippen molar-refractivity contribution in [3.05, 3.63) is 11.9 Å². The van der Waals surface area contributed by atoms with Crippen molar-refractivity contribution in [3.63, 3.8) is 0 Å². The third-order valence-electron chi connectivity index (χ3n) is 4.18. The summed E-state index contributed by atoms with van der Waals surface area (Å²) in [5.41, 5.74) is 1.26. The fourth-order valence-corrected chi connectivity index (χ4v) is 3.04. The molecule has 1 aromatic rings. The molecule has 0 saturated heterocycles. The number of rotatable bonds is 7. The number of nitrogens with one attached hydrogen (secondary N) is 2. The van der Waals surface area contributed by atoms with Gasteiger partial charge in [0.1, 0.15) is 18.0 Å². The second-order valence-electron chi connectivity index (χ2n) is 6.06. The van der Waals surface area contributed by atoms with Crippen LogP contribution >= 0.6 is 0 Å². The summed E-state index contributed by atoms with van der Waals surface area (Å²) in [5, 5.41) is 7.15. The third kappa shape index (κ3) is 4.87. The first kappa shape index (κ1) is 16.1. The molecule has 0 spiro atoms. The van der Waals surface area contributed by atoms with Crippen LogP contribution in [0.15, 0.2) is 6.33 Å². The molecule has 0 bridgehead atoms. The highest BCUT2D eigenvalue weighted by atomic mass is 15.1. The Kier molecular flexibility index (Phi) is 6.77. The zero-order valence-corrected chi connectivity index (χ0v) is 13.6. The molecule has 0 unspecified atom stereocenters. The van der Waals surface area contributed by atoms with Crippen LogP contribution in [0.25, 0.3) is 0 Å². The molecule has 4 nitrogen and oxygen atoms in total. The van der Waals surface area contributed by atoms with Gasteiger partial charge in [-0.05, 0) is 25.7 Å². The summed E-state index contributed by atoms with van der Waals surface area (Å²) in [6, 6.07) is 0.581. The lowest BCUT2D eigenvalue weighted by molar-refractivity contribution is 0.616. The van der Waals surface area contributed by atoms with Gasteiger partial charge in [-0.3, -0.25) is 0 Å². The molecular weight excluding hydrogens is 260 g/mol. The third-order valence-corrected chi connectivity index (χ3v) is 4.18. The molecule has 1 saturated carbocycles. The summed E-state index contributed by atoms with van der Waals surface area (Å²) in [4.78, 5) is 8.97. The second-order valence-corrected chi connectivity index (χ2v) is 6.06. The van der Waals surface area contributed by atoms with Crippen LogP contribution in [0.1, 0.15) is 70.8 Å². The number of hydrogen-bond acceptors (Lipinski definition) is 4. The second kappa shape index (κ2) is 8.85. The molecule has 4 heteroatoms. The highest BCUT2D eigenvalue weighted by Crippen LogP contribution is 2.25. The van der Waals surface area contributed by atoms with Crippen molar-refractivity contribution in [2.75, 3.05) is 17.2 Å². The van der Waals surface area contributed by atoms with E-state index in [4.69, 9.17) is 0 Å². The Morgan fingerprint density at radius 3 is 2.38 bits per heavy atom. The van der Waals surface area contributed by atoms with E-state index in [1.807, 2.05) is 0 Å². The SMILES string of the molecule is CCCNc1ncnc(NC2CCCCCC2)c1CCC. The zero-order valence-electron chi connectivity index (χ0n) is 13.6. The molecule has 1 fully saturated rings. The van der Waals surface area contributed by atoms with Gasteiger partial charge >= 0.3 is 0 Å². The van der Waals surface area contributed by atoms with Gasteiger partial charge in [-0.1, -0.05) is 46.0 Å². The predicted molar refractivity (Wildman–Crippen MR) is 89.9 cm³/mol. The Bertz CT molecular complexity index is 411.